The molecule has 0 unspecified atom stereocenters. The molecule has 0 radical (unpaired) electrons. The largest absolute Gasteiger partial charge is 0.380 e. The summed E-state index contributed by atoms with van der Waals surface area (Å²) in [4.78, 5) is 6.81. The topological polar surface area (TPSA) is 36.9 Å². The van der Waals surface area contributed by atoms with Gasteiger partial charge < -0.3 is 15.0 Å². The van der Waals surface area contributed by atoms with Gasteiger partial charge in [-0.25, -0.2) is 0 Å². The highest BCUT2D eigenvalue weighted by molar-refractivity contribution is 14.0. The van der Waals surface area contributed by atoms with Crippen LogP contribution in [0.5, 0.6) is 0 Å². The van der Waals surface area contributed by atoms with E-state index in [0.29, 0.717) is 12.0 Å². The molecule has 5 heteroatoms. The second kappa shape index (κ2) is 7.83. The van der Waals surface area contributed by atoms with Gasteiger partial charge in [0.15, 0.2) is 5.96 Å². The maximum Gasteiger partial charge on any atom is 0.194 e. The van der Waals surface area contributed by atoms with Gasteiger partial charge in [-0.1, -0.05) is 38.1 Å². The monoisotopic (exact) mass is 431 g/mol. The molecule has 1 N–H and O–H groups in total. The van der Waals surface area contributed by atoms with Crippen LogP contribution in [0, 0.1) is 5.41 Å². The molecule has 4 nitrogen and oxygen atoms in total. The summed E-state index contributed by atoms with van der Waals surface area (Å²) in [5.41, 5.74) is 2.87. The zero-order valence-corrected chi connectivity index (χ0v) is 17.5. The van der Waals surface area contributed by atoms with E-state index in [4.69, 9.17) is 4.74 Å². The van der Waals surface area contributed by atoms with Crippen LogP contribution in [0.15, 0.2) is 29.3 Å². The lowest BCUT2D eigenvalue weighted by molar-refractivity contribution is -0.0667. The molecule has 0 saturated carbocycles. The maximum absolute atomic E-state index is 5.19. The Kier molecular flexibility index (Phi) is 6.89. The predicted molar refractivity (Wildman–Crippen MR) is 107 cm³/mol. The molecule has 1 saturated heterocycles. The van der Waals surface area contributed by atoms with Crippen LogP contribution < -0.4 is 5.32 Å². The van der Waals surface area contributed by atoms with Crippen LogP contribution in [0.1, 0.15) is 38.8 Å². The van der Waals surface area contributed by atoms with E-state index in [-0.39, 0.29) is 29.5 Å². The van der Waals surface area contributed by atoms with E-state index in [1.165, 1.54) is 11.1 Å². The van der Waals surface area contributed by atoms with Gasteiger partial charge in [0.1, 0.15) is 0 Å². The number of guanidine groups is 1. The molecule has 130 valence electrons. The molecular formula is C18H30IN3O. The molecule has 23 heavy (non-hydrogen) atoms. The van der Waals surface area contributed by atoms with Crippen molar-refractivity contribution in [3.63, 3.8) is 0 Å². The summed E-state index contributed by atoms with van der Waals surface area (Å²) in [7, 11) is 3.57. The van der Waals surface area contributed by atoms with E-state index in [1.807, 2.05) is 7.05 Å². The summed E-state index contributed by atoms with van der Waals surface area (Å²) < 4.78 is 5.19. The van der Waals surface area contributed by atoms with Crippen molar-refractivity contribution >= 4 is 29.9 Å². The van der Waals surface area contributed by atoms with Crippen molar-refractivity contribution in [1.29, 1.82) is 0 Å². The average molecular weight is 431 g/mol. The number of likely N-dealkylation sites (tertiary alicyclic amines) is 1. The fourth-order valence-corrected chi connectivity index (χ4v) is 2.87. The molecule has 1 heterocycles. The standard InChI is InChI=1S/C18H29N3O.HI/c1-17(2)13-21(18(17,3)4)16(19-5)20-11-14-8-7-9-15(10-14)12-22-6;/h7-10H,11-13H2,1-6H3,(H,19,20);1H. The normalized spacial score (nSPS) is 18.9. The summed E-state index contributed by atoms with van der Waals surface area (Å²) in [5, 5.41) is 3.49. The third kappa shape index (κ3) is 4.18. The molecule has 0 bridgehead atoms. The van der Waals surface area contributed by atoms with Crippen molar-refractivity contribution in [2.75, 3.05) is 20.7 Å². The first-order valence-electron chi connectivity index (χ1n) is 7.87. The van der Waals surface area contributed by atoms with Crippen LogP contribution in [-0.4, -0.2) is 37.1 Å². The average Bonchev–Trinajstić information content (AvgIpc) is 2.47. The molecule has 0 aromatic heterocycles. The fourth-order valence-electron chi connectivity index (χ4n) is 2.87. The number of rotatable bonds is 4. The number of benzene rings is 1. The Morgan fingerprint density at radius 1 is 1.26 bits per heavy atom. The summed E-state index contributed by atoms with van der Waals surface area (Å²) in [6, 6.07) is 8.47. The minimum absolute atomic E-state index is 0. The molecular weight excluding hydrogens is 401 g/mol. The third-order valence-corrected chi connectivity index (χ3v) is 5.10. The number of nitrogens with one attached hydrogen (secondary N) is 1. The fraction of sp³-hybridized carbons (Fsp3) is 0.611. The minimum atomic E-state index is 0. The Balaban J connectivity index is 0.00000264. The first-order chi connectivity index (χ1) is 10.3. The number of ether oxygens (including phenoxy) is 1. The third-order valence-electron chi connectivity index (χ3n) is 5.10. The van der Waals surface area contributed by atoms with Crippen molar-refractivity contribution in [2.24, 2.45) is 10.4 Å². The molecule has 0 atom stereocenters. The smallest absolute Gasteiger partial charge is 0.194 e. The summed E-state index contributed by atoms with van der Waals surface area (Å²) in [5.74, 6) is 0.974. The number of aliphatic imine (C=N–C) groups is 1. The van der Waals surface area contributed by atoms with Gasteiger partial charge in [0.2, 0.25) is 0 Å². The Hall–Kier alpha value is -0.820. The Morgan fingerprint density at radius 2 is 1.91 bits per heavy atom. The van der Waals surface area contributed by atoms with Gasteiger partial charge in [0.25, 0.3) is 0 Å². The van der Waals surface area contributed by atoms with Crippen molar-refractivity contribution in [2.45, 2.75) is 46.4 Å². The van der Waals surface area contributed by atoms with E-state index < -0.39 is 0 Å². The predicted octanol–water partition coefficient (Wildman–Crippen LogP) is 3.65. The number of halogens is 1. The highest BCUT2D eigenvalue weighted by Gasteiger charge is 2.53. The highest BCUT2D eigenvalue weighted by atomic mass is 127. The van der Waals surface area contributed by atoms with E-state index >= 15 is 0 Å². The highest BCUT2D eigenvalue weighted by Crippen LogP contribution is 2.46. The van der Waals surface area contributed by atoms with Crippen molar-refractivity contribution in [3.05, 3.63) is 35.4 Å². The Morgan fingerprint density at radius 3 is 2.43 bits per heavy atom. The van der Waals surface area contributed by atoms with Gasteiger partial charge >= 0.3 is 0 Å². The van der Waals surface area contributed by atoms with Crippen LogP contribution in [0.2, 0.25) is 0 Å². The van der Waals surface area contributed by atoms with Gasteiger partial charge in [-0.2, -0.15) is 0 Å². The van der Waals surface area contributed by atoms with Crippen LogP contribution in [0.25, 0.3) is 0 Å². The Bertz CT molecular complexity index is 555. The zero-order valence-electron chi connectivity index (χ0n) is 15.1. The zero-order chi connectivity index (χ0) is 16.4. The summed E-state index contributed by atoms with van der Waals surface area (Å²) >= 11 is 0. The van der Waals surface area contributed by atoms with Gasteiger partial charge in [0.05, 0.1) is 6.61 Å². The number of hydrogen-bond acceptors (Lipinski definition) is 2. The molecule has 0 amide bonds. The lowest BCUT2D eigenvalue weighted by Gasteiger charge is -2.62. The molecule has 2 rings (SSSR count). The second-order valence-electron chi connectivity index (χ2n) is 7.18. The second-order valence-corrected chi connectivity index (χ2v) is 7.18. The minimum Gasteiger partial charge on any atom is -0.380 e. The number of nitrogens with zero attached hydrogens (tertiary/aromatic N) is 2. The Labute approximate surface area is 157 Å². The lowest BCUT2D eigenvalue weighted by Crippen LogP contribution is -2.72. The molecule has 0 spiro atoms. The SMILES string of the molecule is CN=C(NCc1cccc(COC)c1)N1CC(C)(C)C1(C)C.I. The summed E-state index contributed by atoms with van der Waals surface area (Å²) in [6.45, 7) is 11.6. The molecule has 0 aliphatic carbocycles. The molecule has 1 aliphatic rings. The van der Waals surface area contributed by atoms with Crippen molar-refractivity contribution in [1.82, 2.24) is 10.2 Å². The van der Waals surface area contributed by atoms with Gasteiger partial charge in [0, 0.05) is 38.2 Å². The van der Waals surface area contributed by atoms with Crippen molar-refractivity contribution < 1.29 is 4.74 Å². The van der Waals surface area contributed by atoms with Gasteiger partial charge in [-0.15, -0.1) is 24.0 Å². The molecule has 1 aliphatic heterocycles. The summed E-state index contributed by atoms with van der Waals surface area (Å²) in [6.07, 6.45) is 0. The molecule has 1 aromatic rings. The number of methoxy groups -OCH3 is 1. The van der Waals surface area contributed by atoms with Crippen LogP contribution >= 0.6 is 24.0 Å². The quantitative estimate of drug-likeness (QED) is 0.449. The van der Waals surface area contributed by atoms with Gasteiger partial charge in [-0.05, 0) is 25.0 Å². The van der Waals surface area contributed by atoms with Crippen LogP contribution in [0.4, 0.5) is 0 Å². The molecule has 1 aromatic carbocycles. The van der Waals surface area contributed by atoms with Gasteiger partial charge in [-0.3, -0.25) is 4.99 Å². The lowest BCUT2D eigenvalue weighted by atomic mass is 9.65. The maximum atomic E-state index is 5.19. The first kappa shape index (κ1) is 20.2. The first-order valence-corrected chi connectivity index (χ1v) is 7.87. The number of hydrogen-bond donors (Lipinski definition) is 1. The van der Waals surface area contributed by atoms with E-state index in [1.54, 1.807) is 7.11 Å². The van der Waals surface area contributed by atoms with E-state index in [2.05, 4.69) is 67.2 Å². The van der Waals surface area contributed by atoms with Crippen LogP contribution in [0.3, 0.4) is 0 Å². The van der Waals surface area contributed by atoms with E-state index in [0.717, 1.165) is 19.0 Å². The van der Waals surface area contributed by atoms with Crippen molar-refractivity contribution in [3.8, 4) is 0 Å². The molecule has 1 fully saturated rings. The van der Waals surface area contributed by atoms with E-state index in [9.17, 15) is 0 Å². The van der Waals surface area contributed by atoms with Crippen LogP contribution in [-0.2, 0) is 17.9 Å².